The maximum atomic E-state index is 13.2. The van der Waals surface area contributed by atoms with Crippen LogP contribution >= 0.6 is 0 Å². The van der Waals surface area contributed by atoms with Gasteiger partial charge in [-0.05, 0) is 35.4 Å². The molecule has 1 N–H and O–H groups in total. The molecule has 0 bridgehead atoms. The summed E-state index contributed by atoms with van der Waals surface area (Å²) in [5, 5.41) is 0.764. The Hall–Kier alpha value is -4.03. The smallest absolute Gasteiger partial charge is 0.260 e. The molecular weight excluding hydrogens is 404 g/mol. The van der Waals surface area contributed by atoms with Crippen LogP contribution in [0.5, 0.6) is 5.75 Å². The van der Waals surface area contributed by atoms with Crippen LogP contribution in [-0.4, -0.2) is 36.1 Å². The largest absolute Gasteiger partial charge is 0.491 e. The molecule has 0 aliphatic carbocycles. The number of nitrogens with one attached hydrogen (secondary N) is 1. The number of allylic oxidation sites excluding steroid dienone is 1. The average molecular weight is 426 g/mol. The summed E-state index contributed by atoms with van der Waals surface area (Å²) < 4.78 is 10.5. The molecule has 6 nitrogen and oxygen atoms in total. The summed E-state index contributed by atoms with van der Waals surface area (Å²) in [6.07, 6.45) is 6.34. The standard InChI is InChI=1S/C26H22N2O4/c1-31-15-16-32-20-10-7-18(8-11-20)9-12-23(29)25-24(19-5-3-2-4-6-19)21-13-14-27-17-22(21)28-26(25)30/h2-14,17H,15-16H2,1H3,(H,28,30)/b12-9+. The highest BCUT2D eigenvalue weighted by molar-refractivity contribution is 6.14. The molecule has 0 aliphatic heterocycles. The highest BCUT2D eigenvalue weighted by Crippen LogP contribution is 2.29. The van der Waals surface area contributed by atoms with Crippen molar-refractivity contribution < 1.29 is 14.3 Å². The van der Waals surface area contributed by atoms with Gasteiger partial charge in [0.15, 0.2) is 5.78 Å². The molecule has 4 rings (SSSR count). The molecule has 4 aromatic rings. The van der Waals surface area contributed by atoms with Crippen molar-refractivity contribution >= 4 is 22.8 Å². The topological polar surface area (TPSA) is 81.3 Å². The maximum absolute atomic E-state index is 13.2. The van der Waals surface area contributed by atoms with Crippen LogP contribution in [0.25, 0.3) is 28.1 Å². The van der Waals surface area contributed by atoms with Crippen LogP contribution in [0.1, 0.15) is 15.9 Å². The molecule has 2 aromatic heterocycles. The van der Waals surface area contributed by atoms with E-state index >= 15 is 0 Å². The van der Waals surface area contributed by atoms with Gasteiger partial charge in [-0.3, -0.25) is 14.6 Å². The van der Waals surface area contributed by atoms with E-state index in [1.807, 2.05) is 54.6 Å². The average Bonchev–Trinajstić information content (AvgIpc) is 2.83. The number of ketones is 1. The number of aromatic amines is 1. The lowest BCUT2D eigenvalue weighted by atomic mass is 9.94. The Balaban J connectivity index is 1.68. The van der Waals surface area contributed by atoms with Crippen molar-refractivity contribution in [3.05, 3.63) is 101 Å². The number of nitrogens with zero attached hydrogens (tertiary/aromatic N) is 1. The molecule has 0 aliphatic rings. The number of H-pyrrole nitrogens is 1. The fraction of sp³-hybridized carbons (Fsp3) is 0.115. The molecule has 0 unspecified atom stereocenters. The first-order valence-electron chi connectivity index (χ1n) is 10.2. The molecule has 32 heavy (non-hydrogen) atoms. The van der Waals surface area contributed by atoms with Gasteiger partial charge in [0.2, 0.25) is 0 Å². The normalized spacial score (nSPS) is 11.2. The highest BCUT2D eigenvalue weighted by Gasteiger charge is 2.19. The number of rotatable bonds is 8. The van der Waals surface area contributed by atoms with Crippen LogP contribution in [0.2, 0.25) is 0 Å². The van der Waals surface area contributed by atoms with Crippen LogP contribution in [0.15, 0.2) is 83.9 Å². The van der Waals surface area contributed by atoms with Crippen LogP contribution < -0.4 is 10.3 Å². The molecule has 0 spiro atoms. The van der Waals surface area contributed by atoms with Gasteiger partial charge in [0.1, 0.15) is 12.4 Å². The number of carbonyl (C=O) groups excluding carboxylic acids is 1. The first-order chi connectivity index (χ1) is 15.7. The monoisotopic (exact) mass is 426 g/mol. The van der Waals surface area contributed by atoms with E-state index in [0.717, 1.165) is 22.3 Å². The van der Waals surface area contributed by atoms with E-state index in [-0.39, 0.29) is 11.3 Å². The SMILES string of the molecule is COCCOc1ccc(/C=C/C(=O)c2c(-c3ccccc3)c3ccncc3[nH]c2=O)cc1. The quantitative estimate of drug-likeness (QED) is 0.255. The molecule has 0 atom stereocenters. The second kappa shape index (κ2) is 9.85. The van der Waals surface area contributed by atoms with Crippen molar-refractivity contribution in [1.82, 2.24) is 9.97 Å². The molecule has 0 amide bonds. The predicted molar refractivity (Wildman–Crippen MR) is 125 cm³/mol. The number of ether oxygens (including phenoxy) is 2. The molecular formula is C26H22N2O4. The fourth-order valence-electron chi connectivity index (χ4n) is 3.46. The summed E-state index contributed by atoms with van der Waals surface area (Å²) in [5.74, 6) is 0.348. The van der Waals surface area contributed by atoms with Gasteiger partial charge < -0.3 is 14.5 Å². The third-order valence-electron chi connectivity index (χ3n) is 4.99. The number of hydrogen-bond donors (Lipinski definition) is 1. The van der Waals surface area contributed by atoms with E-state index in [1.165, 1.54) is 6.08 Å². The van der Waals surface area contributed by atoms with Crippen LogP contribution in [0, 0.1) is 0 Å². The minimum atomic E-state index is -0.444. The van der Waals surface area contributed by atoms with Crippen molar-refractivity contribution in [3.8, 4) is 16.9 Å². The maximum Gasteiger partial charge on any atom is 0.260 e. The van der Waals surface area contributed by atoms with Gasteiger partial charge in [-0.1, -0.05) is 48.5 Å². The number of aromatic nitrogens is 2. The van der Waals surface area contributed by atoms with E-state index in [4.69, 9.17) is 9.47 Å². The molecule has 6 heteroatoms. The summed E-state index contributed by atoms with van der Waals surface area (Å²) in [6.45, 7) is 0.975. The Kier molecular flexibility index (Phi) is 6.53. The summed E-state index contributed by atoms with van der Waals surface area (Å²) in [4.78, 5) is 32.9. The van der Waals surface area contributed by atoms with Gasteiger partial charge >= 0.3 is 0 Å². The van der Waals surface area contributed by atoms with E-state index in [9.17, 15) is 9.59 Å². The van der Waals surface area contributed by atoms with Gasteiger partial charge in [-0.25, -0.2) is 0 Å². The third kappa shape index (κ3) is 4.66. The fourth-order valence-corrected chi connectivity index (χ4v) is 3.46. The number of pyridine rings is 2. The number of hydrogen-bond acceptors (Lipinski definition) is 5. The van der Waals surface area contributed by atoms with Gasteiger partial charge in [-0.15, -0.1) is 0 Å². The molecule has 0 saturated heterocycles. The number of methoxy groups -OCH3 is 1. The Morgan fingerprint density at radius 3 is 2.56 bits per heavy atom. The Bertz CT molecular complexity index is 1310. The Morgan fingerprint density at radius 2 is 1.81 bits per heavy atom. The minimum absolute atomic E-state index is 0.102. The van der Waals surface area contributed by atoms with Gasteiger partial charge in [0, 0.05) is 24.3 Å². The van der Waals surface area contributed by atoms with Crippen molar-refractivity contribution in [2.75, 3.05) is 20.3 Å². The van der Waals surface area contributed by atoms with E-state index in [0.29, 0.717) is 24.3 Å². The second-order valence-corrected chi connectivity index (χ2v) is 7.10. The number of benzene rings is 2. The number of fused-ring (bicyclic) bond motifs is 1. The minimum Gasteiger partial charge on any atom is -0.491 e. The van der Waals surface area contributed by atoms with Gasteiger partial charge in [-0.2, -0.15) is 0 Å². The predicted octanol–water partition coefficient (Wildman–Crippen LogP) is 4.51. The third-order valence-corrected chi connectivity index (χ3v) is 4.99. The molecule has 2 heterocycles. The molecule has 0 saturated carbocycles. The first-order valence-corrected chi connectivity index (χ1v) is 10.2. The summed E-state index contributed by atoms with van der Waals surface area (Å²) >= 11 is 0. The first kappa shape index (κ1) is 21.2. The second-order valence-electron chi connectivity index (χ2n) is 7.10. The molecule has 0 radical (unpaired) electrons. The number of carbonyl (C=O) groups is 1. The lowest BCUT2D eigenvalue weighted by Gasteiger charge is -2.11. The van der Waals surface area contributed by atoms with Crippen molar-refractivity contribution in [2.24, 2.45) is 0 Å². The van der Waals surface area contributed by atoms with Crippen molar-refractivity contribution in [2.45, 2.75) is 0 Å². The van der Waals surface area contributed by atoms with Gasteiger partial charge in [0.05, 0.1) is 23.9 Å². The van der Waals surface area contributed by atoms with E-state index in [2.05, 4.69) is 9.97 Å². The zero-order chi connectivity index (χ0) is 22.3. The zero-order valence-electron chi connectivity index (χ0n) is 17.6. The van der Waals surface area contributed by atoms with Gasteiger partial charge in [0.25, 0.3) is 5.56 Å². The summed E-state index contributed by atoms with van der Waals surface area (Å²) in [5.41, 5.74) is 2.46. The summed E-state index contributed by atoms with van der Waals surface area (Å²) in [7, 11) is 1.62. The molecule has 160 valence electrons. The molecule has 0 fully saturated rings. The van der Waals surface area contributed by atoms with Crippen molar-refractivity contribution in [1.29, 1.82) is 0 Å². The van der Waals surface area contributed by atoms with Crippen molar-refractivity contribution in [3.63, 3.8) is 0 Å². The van der Waals surface area contributed by atoms with Crippen LogP contribution in [-0.2, 0) is 4.74 Å². The zero-order valence-corrected chi connectivity index (χ0v) is 17.6. The summed E-state index contributed by atoms with van der Waals surface area (Å²) in [6, 6.07) is 18.6. The lowest BCUT2D eigenvalue weighted by molar-refractivity contribution is 0.104. The Labute approximate surface area is 185 Å². The highest BCUT2D eigenvalue weighted by atomic mass is 16.5. The van der Waals surface area contributed by atoms with Crippen LogP contribution in [0.4, 0.5) is 0 Å². The molecule has 2 aromatic carbocycles. The van der Waals surface area contributed by atoms with E-state index in [1.54, 1.807) is 31.6 Å². The Morgan fingerprint density at radius 1 is 1.03 bits per heavy atom. The van der Waals surface area contributed by atoms with E-state index < -0.39 is 5.56 Å². The lowest BCUT2D eigenvalue weighted by Crippen LogP contribution is -2.18. The van der Waals surface area contributed by atoms with Crippen LogP contribution in [0.3, 0.4) is 0 Å².